The monoisotopic (exact) mass is 344 g/mol. The maximum atomic E-state index is 10.5. The summed E-state index contributed by atoms with van der Waals surface area (Å²) in [6.45, 7) is 0.825. The third-order valence-corrected chi connectivity index (χ3v) is 4.54. The summed E-state index contributed by atoms with van der Waals surface area (Å²) in [7, 11) is 0. The highest BCUT2D eigenvalue weighted by atomic mass is 16.3. The van der Waals surface area contributed by atoms with E-state index < -0.39 is 6.10 Å². The van der Waals surface area contributed by atoms with Crippen molar-refractivity contribution < 1.29 is 5.11 Å². The number of nitrogens with zero attached hydrogens (tertiary/aromatic N) is 3. The molecule has 2 aromatic carbocycles. The number of para-hydroxylation sites is 1. The fourth-order valence-electron chi connectivity index (χ4n) is 3.18. The number of piperidine rings is 1. The van der Waals surface area contributed by atoms with Gasteiger partial charge in [0.05, 0.1) is 11.6 Å². The molecular weight excluding hydrogens is 324 g/mol. The number of aliphatic hydroxyl groups is 1. The topological polar surface area (TPSA) is 61.3 Å². The van der Waals surface area contributed by atoms with Gasteiger partial charge in [-0.15, -0.1) is 0 Å². The fraction of sp³-hybridized carbons (Fsp3) is 0.238. The van der Waals surface area contributed by atoms with E-state index in [0.29, 0.717) is 0 Å². The third kappa shape index (κ3) is 3.61. The average molecular weight is 344 g/mol. The Morgan fingerprint density at radius 1 is 1.15 bits per heavy atom. The van der Waals surface area contributed by atoms with E-state index in [9.17, 15) is 5.11 Å². The van der Waals surface area contributed by atoms with Crippen LogP contribution in [0.2, 0.25) is 0 Å². The Morgan fingerprint density at radius 3 is 2.92 bits per heavy atom. The minimum atomic E-state index is -0.455. The van der Waals surface area contributed by atoms with Crippen LogP contribution >= 0.6 is 0 Å². The van der Waals surface area contributed by atoms with Gasteiger partial charge in [0, 0.05) is 35.4 Å². The van der Waals surface area contributed by atoms with Crippen molar-refractivity contribution in [3.8, 4) is 12.0 Å². The van der Waals surface area contributed by atoms with Crippen LogP contribution in [-0.2, 0) is 0 Å². The first-order chi connectivity index (χ1) is 12.8. The molecule has 1 aliphatic heterocycles. The standard InChI is InChI=1S/C21H20N4O/c26-20-7-4-11-25(21(20)24-18-5-2-1-3-6-18)12-10-16-8-9-19-17(13-16)14-22-15-23-19/h1-3,5-6,8-9,13-15,20-21,24,26H,4,7,11H2. The Morgan fingerprint density at radius 2 is 2.04 bits per heavy atom. The number of nitrogens with one attached hydrogen (secondary N) is 1. The average Bonchev–Trinajstić information content (AvgIpc) is 2.69. The van der Waals surface area contributed by atoms with Gasteiger partial charge in [-0.3, -0.25) is 0 Å². The van der Waals surface area contributed by atoms with Gasteiger partial charge in [0.2, 0.25) is 0 Å². The summed E-state index contributed by atoms with van der Waals surface area (Å²) in [5, 5.41) is 14.8. The van der Waals surface area contributed by atoms with Gasteiger partial charge in [-0.1, -0.05) is 18.2 Å². The molecule has 0 aliphatic carbocycles. The number of fused-ring (bicyclic) bond motifs is 1. The summed E-state index contributed by atoms with van der Waals surface area (Å²) in [4.78, 5) is 10.3. The zero-order valence-corrected chi connectivity index (χ0v) is 14.3. The van der Waals surface area contributed by atoms with Crippen molar-refractivity contribution >= 4 is 16.6 Å². The predicted octanol–water partition coefficient (Wildman–Crippen LogP) is 2.83. The van der Waals surface area contributed by atoms with Crippen molar-refractivity contribution in [1.29, 1.82) is 0 Å². The molecule has 5 heteroatoms. The zero-order valence-electron chi connectivity index (χ0n) is 14.3. The Hall–Kier alpha value is -3.10. The molecule has 2 heterocycles. The van der Waals surface area contributed by atoms with Gasteiger partial charge in [-0.05, 0) is 49.1 Å². The number of benzene rings is 2. The third-order valence-electron chi connectivity index (χ3n) is 4.54. The molecule has 0 amide bonds. The first-order valence-electron chi connectivity index (χ1n) is 8.77. The molecule has 0 spiro atoms. The Labute approximate surface area is 152 Å². The van der Waals surface area contributed by atoms with E-state index in [2.05, 4.69) is 27.2 Å². The van der Waals surface area contributed by atoms with Crippen LogP contribution in [-0.4, -0.2) is 38.8 Å². The minimum absolute atomic E-state index is 0.220. The molecule has 0 saturated carbocycles. The number of hydrogen-bond donors (Lipinski definition) is 2. The van der Waals surface area contributed by atoms with E-state index in [1.165, 1.54) is 0 Å². The summed E-state index contributed by atoms with van der Waals surface area (Å²) in [6, 6.07) is 19.0. The van der Waals surface area contributed by atoms with Gasteiger partial charge in [0.25, 0.3) is 0 Å². The van der Waals surface area contributed by atoms with Gasteiger partial charge >= 0.3 is 0 Å². The number of aliphatic hydroxyl groups excluding tert-OH is 1. The Kier molecular flexibility index (Phi) is 4.67. The van der Waals surface area contributed by atoms with Gasteiger partial charge < -0.3 is 15.3 Å². The highest BCUT2D eigenvalue weighted by Gasteiger charge is 2.28. The number of rotatable bonds is 2. The van der Waals surface area contributed by atoms with Gasteiger partial charge in [-0.2, -0.15) is 0 Å². The largest absolute Gasteiger partial charge is 0.389 e. The van der Waals surface area contributed by atoms with E-state index >= 15 is 0 Å². The second kappa shape index (κ2) is 7.42. The second-order valence-electron chi connectivity index (χ2n) is 6.39. The molecule has 1 aromatic heterocycles. The van der Waals surface area contributed by atoms with E-state index in [1.807, 2.05) is 53.4 Å². The molecule has 26 heavy (non-hydrogen) atoms. The van der Waals surface area contributed by atoms with Crippen molar-refractivity contribution in [3.05, 3.63) is 66.6 Å². The molecule has 2 atom stereocenters. The van der Waals surface area contributed by atoms with Crippen LogP contribution in [0.1, 0.15) is 18.4 Å². The van der Waals surface area contributed by atoms with Crippen molar-refractivity contribution in [2.45, 2.75) is 25.1 Å². The van der Waals surface area contributed by atoms with E-state index in [-0.39, 0.29) is 6.17 Å². The van der Waals surface area contributed by atoms with Crippen molar-refractivity contribution in [2.75, 3.05) is 11.9 Å². The molecule has 1 aliphatic rings. The molecule has 130 valence electrons. The maximum absolute atomic E-state index is 10.5. The number of aromatic nitrogens is 2. The molecule has 0 bridgehead atoms. The number of hydrogen-bond acceptors (Lipinski definition) is 5. The smallest absolute Gasteiger partial charge is 0.133 e. The molecule has 1 fully saturated rings. The van der Waals surface area contributed by atoms with Gasteiger partial charge in [0.1, 0.15) is 12.5 Å². The molecule has 2 unspecified atom stereocenters. The predicted molar refractivity (Wildman–Crippen MR) is 102 cm³/mol. The quantitative estimate of drug-likeness (QED) is 0.700. The normalized spacial score (nSPS) is 19.7. The van der Waals surface area contributed by atoms with E-state index in [4.69, 9.17) is 0 Å². The summed E-state index contributed by atoms with van der Waals surface area (Å²) < 4.78 is 0. The fourth-order valence-corrected chi connectivity index (χ4v) is 3.18. The second-order valence-corrected chi connectivity index (χ2v) is 6.39. The highest BCUT2D eigenvalue weighted by Crippen LogP contribution is 2.20. The SMILES string of the molecule is OC1CCCN(C#Cc2ccc3ncncc3c2)C1Nc1ccccc1. The van der Waals surface area contributed by atoms with Crippen LogP contribution in [0.4, 0.5) is 5.69 Å². The van der Waals surface area contributed by atoms with E-state index in [1.54, 1.807) is 12.5 Å². The first-order valence-corrected chi connectivity index (χ1v) is 8.77. The van der Waals surface area contributed by atoms with Crippen molar-refractivity contribution in [1.82, 2.24) is 14.9 Å². The molecule has 4 rings (SSSR count). The lowest BCUT2D eigenvalue weighted by Crippen LogP contribution is -2.50. The lowest BCUT2D eigenvalue weighted by Gasteiger charge is -2.37. The van der Waals surface area contributed by atoms with Crippen LogP contribution in [0.3, 0.4) is 0 Å². The van der Waals surface area contributed by atoms with Crippen LogP contribution in [0.25, 0.3) is 10.9 Å². The van der Waals surface area contributed by atoms with Crippen LogP contribution in [0.5, 0.6) is 0 Å². The Balaban J connectivity index is 1.57. The lowest BCUT2D eigenvalue weighted by atomic mass is 10.0. The van der Waals surface area contributed by atoms with Crippen LogP contribution < -0.4 is 5.32 Å². The molecular formula is C21H20N4O. The van der Waals surface area contributed by atoms with Crippen LogP contribution in [0.15, 0.2) is 61.1 Å². The number of anilines is 1. The summed E-state index contributed by atoms with van der Waals surface area (Å²) in [6.07, 6.45) is 4.36. The summed E-state index contributed by atoms with van der Waals surface area (Å²) >= 11 is 0. The first kappa shape index (κ1) is 16.4. The molecule has 5 nitrogen and oxygen atoms in total. The molecule has 3 aromatic rings. The Bertz CT molecular complexity index is 948. The maximum Gasteiger partial charge on any atom is 0.133 e. The highest BCUT2D eigenvalue weighted by molar-refractivity contribution is 5.78. The van der Waals surface area contributed by atoms with Crippen molar-refractivity contribution in [2.24, 2.45) is 0 Å². The van der Waals surface area contributed by atoms with Crippen LogP contribution in [0, 0.1) is 12.0 Å². The van der Waals surface area contributed by atoms with Crippen molar-refractivity contribution in [3.63, 3.8) is 0 Å². The minimum Gasteiger partial charge on any atom is -0.389 e. The molecule has 2 N–H and O–H groups in total. The van der Waals surface area contributed by atoms with E-state index in [0.717, 1.165) is 41.5 Å². The zero-order chi connectivity index (χ0) is 17.8. The van der Waals surface area contributed by atoms with Gasteiger partial charge in [0.15, 0.2) is 0 Å². The number of likely N-dealkylation sites (tertiary alicyclic amines) is 1. The van der Waals surface area contributed by atoms with Gasteiger partial charge in [-0.25, -0.2) is 9.97 Å². The lowest BCUT2D eigenvalue weighted by molar-refractivity contribution is 0.0547. The summed E-state index contributed by atoms with van der Waals surface area (Å²) in [5.41, 5.74) is 2.79. The molecule has 1 saturated heterocycles. The summed E-state index contributed by atoms with van der Waals surface area (Å²) in [5.74, 6) is 3.21. The molecule has 0 radical (unpaired) electrons.